The molecule has 0 saturated carbocycles. The molecule has 0 unspecified atom stereocenters. The van der Waals surface area contributed by atoms with Gasteiger partial charge in [-0.1, -0.05) is 30.3 Å². The van der Waals surface area contributed by atoms with E-state index in [1.165, 1.54) is 15.9 Å². The Morgan fingerprint density at radius 1 is 1.07 bits per heavy atom. The van der Waals surface area contributed by atoms with Gasteiger partial charge in [0.1, 0.15) is 10.7 Å². The van der Waals surface area contributed by atoms with Gasteiger partial charge in [-0.05, 0) is 17.7 Å². The van der Waals surface area contributed by atoms with Gasteiger partial charge in [0.15, 0.2) is 0 Å². The van der Waals surface area contributed by atoms with E-state index in [0.717, 1.165) is 16.7 Å². The average Bonchev–Trinajstić information content (AvgIpc) is 3.12. The van der Waals surface area contributed by atoms with Crippen LogP contribution in [0.2, 0.25) is 0 Å². The van der Waals surface area contributed by atoms with Crippen molar-refractivity contribution < 1.29 is 9.90 Å². The molecule has 0 bridgehead atoms. The van der Waals surface area contributed by atoms with Gasteiger partial charge >= 0.3 is 5.97 Å². The maximum atomic E-state index is 13.3. The molecular formula is C20H15N3O3S. The Morgan fingerprint density at radius 2 is 1.81 bits per heavy atom. The lowest BCUT2D eigenvalue weighted by Crippen LogP contribution is -2.24. The molecule has 7 heteroatoms. The molecule has 3 aromatic heterocycles. The fourth-order valence-corrected chi connectivity index (χ4v) is 3.93. The Hall–Kier alpha value is -3.32. The number of thiophene rings is 1. The van der Waals surface area contributed by atoms with Crippen LogP contribution in [0, 0.1) is 0 Å². The van der Waals surface area contributed by atoms with Gasteiger partial charge in [-0.25, -0.2) is 4.98 Å². The molecule has 0 radical (unpaired) electrons. The maximum absolute atomic E-state index is 13.3. The number of fused-ring (bicyclic) bond motifs is 1. The monoisotopic (exact) mass is 377 g/mol. The molecule has 1 aromatic carbocycles. The van der Waals surface area contributed by atoms with Gasteiger partial charge in [-0.3, -0.25) is 19.1 Å². The van der Waals surface area contributed by atoms with Crippen LogP contribution < -0.4 is 5.56 Å². The predicted molar refractivity (Wildman–Crippen MR) is 105 cm³/mol. The number of aromatic nitrogens is 3. The van der Waals surface area contributed by atoms with Gasteiger partial charge in [0.05, 0.1) is 11.8 Å². The van der Waals surface area contributed by atoms with Crippen molar-refractivity contribution in [2.45, 2.75) is 13.0 Å². The fraction of sp³-hybridized carbons (Fsp3) is 0.100. The Morgan fingerprint density at radius 3 is 2.52 bits per heavy atom. The van der Waals surface area contributed by atoms with Crippen LogP contribution in [-0.2, 0) is 11.3 Å². The van der Waals surface area contributed by atoms with Gasteiger partial charge < -0.3 is 5.11 Å². The zero-order valence-electron chi connectivity index (χ0n) is 14.2. The summed E-state index contributed by atoms with van der Waals surface area (Å²) in [5, 5.41) is 11.5. The highest BCUT2D eigenvalue weighted by atomic mass is 32.1. The number of nitrogens with zero attached hydrogens (tertiary/aromatic N) is 3. The van der Waals surface area contributed by atoms with E-state index in [4.69, 9.17) is 10.1 Å². The van der Waals surface area contributed by atoms with Crippen LogP contribution in [0.15, 0.2) is 65.0 Å². The lowest BCUT2D eigenvalue weighted by atomic mass is 10.1. The summed E-state index contributed by atoms with van der Waals surface area (Å²) < 4.78 is 1.45. The molecule has 0 aliphatic heterocycles. The number of rotatable bonds is 5. The predicted octanol–water partition coefficient (Wildman–Crippen LogP) is 3.66. The van der Waals surface area contributed by atoms with Crippen molar-refractivity contribution in [3.05, 3.63) is 70.6 Å². The van der Waals surface area contributed by atoms with Crippen LogP contribution in [0.1, 0.15) is 6.42 Å². The van der Waals surface area contributed by atoms with E-state index in [2.05, 4.69) is 4.98 Å². The van der Waals surface area contributed by atoms with Crippen molar-refractivity contribution in [3.63, 3.8) is 0 Å². The molecule has 4 rings (SSSR count). The molecule has 0 fully saturated rings. The molecule has 0 amide bonds. The van der Waals surface area contributed by atoms with Gasteiger partial charge in [-0.15, -0.1) is 11.3 Å². The number of carbonyl (C=O) groups is 1. The Balaban J connectivity index is 1.98. The molecule has 0 spiro atoms. The second-order valence-corrected chi connectivity index (χ2v) is 6.83. The van der Waals surface area contributed by atoms with Crippen molar-refractivity contribution >= 4 is 27.5 Å². The summed E-state index contributed by atoms with van der Waals surface area (Å²) >= 11 is 1.41. The van der Waals surface area contributed by atoms with Crippen LogP contribution in [-0.4, -0.2) is 25.6 Å². The SMILES string of the molecule is O=C(O)CCn1c(-c2ccncc2)nc2scc(-c3ccccc3)c2c1=O. The normalized spacial score (nSPS) is 11.0. The summed E-state index contributed by atoms with van der Waals surface area (Å²) in [5.41, 5.74) is 2.25. The number of carboxylic acid groups (broad SMARTS) is 1. The quantitative estimate of drug-likeness (QED) is 0.574. The molecule has 27 heavy (non-hydrogen) atoms. The molecule has 0 aliphatic carbocycles. The van der Waals surface area contributed by atoms with Crippen LogP contribution in [0.4, 0.5) is 0 Å². The second kappa shape index (κ2) is 7.13. The minimum Gasteiger partial charge on any atom is -0.481 e. The zero-order chi connectivity index (χ0) is 18.8. The summed E-state index contributed by atoms with van der Waals surface area (Å²) in [5.74, 6) is -0.506. The van der Waals surface area contributed by atoms with E-state index in [9.17, 15) is 9.59 Å². The molecule has 1 N–H and O–H groups in total. The van der Waals surface area contributed by atoms with Gasteiger partial charge in [-0.2, -0.15) is 0 Å². The summed E-state index contributed by atoms with van der Waals surface area (Å²) in [4.78, 5) is 33.7. The standard InChI is InChI=1S/C20H15N3O3S/c24-16(25)8-11-23-18(14-6-9-21-10-7-14)22-19-17(20(23)26)15(12-27-19)13-4-2-1-3-5-13/h1-7,9-10,12H,8,11H2,(H,24,25). The summed E-state index contributed by atoms with van der Waals surface area (Å²) in [7, 11) is 0. The fourth-order valence-electron chi connectivity index (χ4n) is 2.99. The zero-order valence-corrected chi connectivity index (χ0v) is 15.0. The highest BCUT2D eigenvalue weighted by Gasteiger charge is 2.18. The van der Waals surface area contributed by atoms with E-state index in [1.54, 1.807) is 24.5 Å². The maximum Gasteiger partial charge on any atom is 0.305 e. The highest BCUT2D eigenvalue weighted by molar-refractivity contribution is 7.17. The van der Waals surface area contributed by atoms with Crippen molar-refractivity contribution in [1.29, 1.82) is 0 Å². The van der Waals surface area contributed by atoms with Gasteiger partial charge in [0.25, 0.3) is 5.56 Å². The molecule has 3 heterocycles. The molecule has 6 nitrogen and oxygen atoms in total. The first kappa shape index (κ1) is 17.1. The summed E-state index contributed by atoms with van der Waals surface area (Å²) in [6, 6.07) is 13.2. The van der Waals surface area contributed by atoms with Gasteiger partial charge in [0.2, 0.25) is 0 Å². The van der Waals surface area contributed by atoms with Crippen LogP contribution in [0.3, 0.4) is 0 Å². The second-order valence-electron chi connectivity index (χ2n) is 5.97. The van der Waals surface area contributed by atoms with E-state index in [-0.39, 0.29) is 18.5 Å². The lowest BCUT2D eigenvalue weighted by Gasteiger charge is -2.12. The van der Waals surface area contributed by atoms with E-state index in [1.807, 2.05) is 35.7 Å². The first-order valence-corrected chi connectivity index (χ1v) is 9.23. The van der Waals surface area contributed by atoms with E-state index < -0.39 is 5.97 Å². The molecule has 4 aromatic rings. The first-order valence-electron chi connectivity index (χ1n) is 8.35. The third-order valence-electron chi connectivity index (χ3n) is 4.27. The van der Waals surface area contributed by atoms with Crippen LogP contribution in [0.5, 0.6) is 0 Å². The van der Waals surface area contributed by atoms with E-state index in [0.29, 0.717) is 16.0 Å². The van der Waals surface area contributed by atoms with Crippen molar-refractivity contribution in [1.82, 2.24) is 14.5 Å². The number of hydrogen-bond acceptors (Lipinski definition) is 5. The minimum atomic E-state index is -0.962. The van der Waals surface area contributed by atoms with Crippen LogP contribution >= 0.6 is 11.3 Å². The van der Waals surface area contributed by atoms with Crippen LogP contribution in [0.25, 0.3) is 32.7 Å². The molecule has 134 valence electrons. The Bertz CT molecular complexity index is 1170. The first-order chi connectivity index (χ1) is 13.1. The third-order valence-corrected chi connectivity index (χ3v) is 5.14. The number of benzene rings is 1. The summed E-state index contributed by atoms with van der Waals surface area (Å²) in [6.07, 6.45) is 3.09. The largest absolute Gasteiger partial charge is 0.481 e. The Kier molecular flexibility index (Phi) is 4.52. The average molecular weight is 377 g/mol. The van der Waals surface area contributed by atoms with Crippen molar-refractivity contribution in [2.24, 2.45) is 0 Å². The highest BCUT2D eigenvalue weighted by Crippen LogP contribution is 2.32. The molecule has 0 saturated heterocycles. The minimum absolute atomic E-state index is 0.0544. The smallest absolute Gasteiger partial charge is 0.305 e. The number of carboxylic acids is 1. The van der Waals surface area contributed by atoms with E-state index >= 15 is 0 Å². The summed E-state index contributed by atoms with van der Waals surface area (Å²) in [6.45, 7) is 0.0544. The third kappa shape index (κ3) is 3.24. The number of hydrogen-bond donors (Lipinski definition) is 1. The Labute approximate surface area is 158 Å². The van der Waals surface area contributed by atoms with Gasteiger partial charge in [0, 0.05) is 35.4 Å². The van der Waals surface area contributed by atoms with Crippen molar-refractivity contribution in [3.8, 4) is 22.5 Å². The topological polar surface area (TPSA) is 85.1 Å². The van der Waals surface area contributed by atoms with Crippen molar-refractivity contribution in [2.75, 3.05) is 0 Å². The number of pyridine rings is 1. The lowest BCUT2D eigenvalue weighted by molar-refractivity contribution is -0.137. The molecule has 0 aliphatic rings. The number of aliphatic carboxylic acids is 1. The molecular weight excluding hydrogens is 362 g/mol. The molecule has 0 atom stereocenters.